The number of rotatable bonds is 3. The maximum atomic E-state index is 11.3. The summed E-state index contributed by atoms with van der Waals surface area (Å²) in [7, 11) is 0.921. The second kappa shape index (κ2) is 5.36. The Morgan fingerprint density at radius 3 is 2.86 bits per heavy atom. The van der Waals surface area contributed by atoms with Gasteiger partial charge < -0.3 is 15.0 Å². The van der Waals surface area contributed by atoms with Crippen LogP contribution in [-0.4, -0.2) is 31.2 Å². The largest absolute Gasteiger partial charge is 0.469 e. The van der Waals surface area contributed by atoms with Crippen molar-refractivity contribution in [2.45, 2.75) is 38.5 Å². The Labute approximate surface area is 85.2 Å². The van der Waals surface area contributed by atoms with Crippen LogP contribution in [0.25, 0.3) is 0 Å². The van der Waals surface area contributed by atoms with Gasteiger partial charge in [0.25, 0.3) is 0 Å². The number of hydrogen-bond acceptors (Lipinski definition) is 4. The third-order valence-electron chi connectivity index (χ3n) is 2.69. The smallest absolute Gasteiger partial charge is 0.373 e. The van der Waals surface area contributed by atoms with Gasteiger partial charge in [-0.1, -0.05) is 6.42 Å². The zero-order valence-electron chi connectivity index (χ0n) is 8.82. The molecule has 0 bridgehead atoms. The van der Waals surface area contributed by atoms with E-state index in [-0.39, 0.29) is 17.9 Å². The summed E-state index contributed by atoms with van der Waals surface area (Å²) in [4.78, 5) is 11.3. The minimum Gasteiger partial charge on any atom is -0.469 e. The molecule has 0 heterocycles. The standard InChI is InChI=1S/C9H18BNO3/c1-10(13)11-8-5-3-4-7(6-8)9(12)14-2/h7-8,11,13H,3-6H2,1-2H3/t7-,8-/m1/s1. The molecule has 0 amide bonds. The second-order valence-corrected chi connectivity index (χ2v) is 3.93. The van der Waals surface area contributed by atoms with Gasteiger partial charge in [-0.05, 0) is 32.1 Å². The van der Waals surface area contributed by atoms with E-state index in [2.05, 4.69) is 5.23 Å². The highest BCUT2D eigenvalue weighted by atomic mass is 16.5. The van der Waals surface area contributed by atoms with E-state index in [1.54, 1.807) is 6.82 Å². The molecule has 1 aliphatic rings. The number of ether oxygens (including phenoxy) is 1. The second-order valence-electron chi connectivity index (χ2n) is 3.93. The molecule has 0 saturated heterocycles. The Kier molecular flexibility index (Phi) is 4.42. The fraction of sp³-hybridized carbons (Fsp3) is 0.889. The molecule has 1 aliphatic carbocycles. The van der Waals surface area contributed by atoms with Crippen molar-refractivity contribution in [3.05, 3.63) is 0 Å². The highest BCUT2D eigenvalue weighted by molar-refractivity contribution is 6.45. The van der Waals surface area contributed by atoms with E-state index in [1.165, 1.54) is 7.11 Å². The molecule has 1 rings (SSSR count). The number of carbonyl (C=O) groups excluding carboxylic acids is 1. The summed E-state index contributed by atoms with van der Waals surface area (Å²) in [5.41, 5.74) is 0. The van der Waals surface area contributed by atoms with Gasteiger partial charge in [0.15, 0.2) is 0 Å². The topological polar surface area (TPSA) is 58.6 Å². The first kappa shape index (κ1) is 11.5. The first-order valence-electron chi connectivity index (χ1n) is 5.15. The van der Waals surface area contributed by atoms with Gasteiger partial charge in [-0.3, -0.25) is 4.79 Å². The predicted molar refractivity (Wildman–Crippen MR) is 54.7 cm³/mol. The summed E-state index contributed by atoms with van der Waals surface area (Å²) in [6.07, 6.45) is 3.73. The van der Waals surface area contributed by atoms with E-state index in [4.69, 9.17) is 9.76 Å². The van der Waals surface area contributed by atoms with Crippen LogP contribution in [0.15, 0.2) is 0 Å². The van der Waals surface area contributed by atoms with E-state index in [9.17, 15) is 4.79 Å². The van der Waals surface area contributed by atoms with Gasteiger partial charge >= 0.3 is 13.0 Å². The number of nitrogens with one attached hydrogen (secondary N) is 1. The molecular weight excluding hydrogens is 181 g/mol. The predicted octanol–water partition coefficient (Wildman–Crippen LogP) is 0.418. The van der Waals surface area contributed by atoms with Crippen molar-refractivity contribution in [1.29, 1.82) is 0 Å². The summed E-state index contributed by atoms with van der Waals surface area (Å²) < 4.78 is 4.71. The van der Waals surface area contributed by atoms with Gasteiger partial charge in [0, 0.05) is 0 Å². The van der Waals surface area contributed by atoms with Crippen molar-refractivity contribution in [3.63, 3.8) is 0 Å². The van der Waals surface area contributed by atoms with Crippen LogP contribution < -0.4 is 5.23 Å². The Morgan fingerprint density at radius 2 is 2.29 bits per heavy atom. The molecule has 80 valence electrons. The number of hydrogen-bond donors (Lipinski definition) is 2. The summed E-state index contributed by atoms with van der Waals surface area (Å²) in [6, 6.07) is 0.243. The van der Waals surface area contributed by atoms with Gasteiger partial charge in [0.2, 0.25) is 0 Å². The lowest BCUT2D eigenvalue weighted by atomic mass is 9.80. The maximum Gasteiger partial charge on any atom is 0.373 e. The lowest BCUT2D eigenvalue weighted by Crippen LogP contribution is -2.43. The Balaban J connectivity index is 2.39. The average molecular weight is 199 g/mol. The van der Waals surface area contributed by atoms with E-state index >= 15 is 0 Å². The van der Waals surface area contributed by atoms with Gasteiger partial charge in [-0.25, -0.2) is 0 Å². The number of carbonyl (C=O) groups is 1. The fourth-order valence-electron chi connectivity index (χ4n) is 2.06. The fourth-order valence-corrected chi connectivity index (χ4v) is 2.06. The third-order valence-corrected chi connectivity index (χ3v) is 2.69. The van der Waals surface area contributed by atoms with Crippen LogP contribution in [-0.2, 0) is 9.53 Å². The van der Waals surface area contributed by atoms with Crippen LogP contribution in [0.5, 0.6) is 0 Å². The molecule has 2 N–H and O–H groups in total. The molecule has 0 spiro atoms. The van der Waals surface area contributed by atoms with Crippen molar-refractivity contribution >= 4 is 13.0 Å². The lowest BCUT2D eigenvalue weighted by molar-refractivity contribution is -0.146. The van der Waals surface area contributed by atoms with Crippen LogP contribution in [0.2, 0.25) is 6.82 Å². The zero-order chi connectivity index (χ0) is 10.6. The Hall–Kier alpha value is -0.545. The Morgan fingerprint density at radius 1 is 1.57 bits per heavy atom. The molecular formula is C9H18BNO3. The van der Waals surface area contributed by atoms with Crippen molar-refractivity contribution in [2.24, 2.45) is 5.92 Å². The lowest BCUT2D eigenvalue weighted by Gasteiger charge is -2.28. The van der Waals surface area contributed by atoms with E-state index in [0.717, 1.165) is 25.7 Å². The number of esters is 1. The first-order valence-corrected chi connectivity index (χ1v) is 5.15. The zero-order valence-corrected chi connectivity index (χ0v) is 8.82. The molecule has 2 atom stereocenters. The van der Waals surface area contributed by atoms with Gasteiger partial charge in [0.05, 0.1) is 13.0 Å². The highest BCUT2D eigenvalue weighted by Gasteiger charge is 2.28. The molecule has 0 radical (unpaired) electrons. The van der Waals surface area contributed by atoms with Crippen molar-refractivity contribution in [1.82, 2.24) is 5.23 Å². The summed E-state index contributed by atoms with van der Waals surface area (Å²) in [5, 5.41) is 12.2. The molecule has 4 nitrogen and oxygen atoms in total. The molecule has 14 heavy (non-hydrogen) atoms. The van der Waals surface area contributed by atoms with Gasteiger partial charge in [0.1, 0.15) is 0 Å². The molecule has 0 aromatic carbocycles. The van der Waals surface area contributed by atoms with Gasteiger partial charge in [-0.2, -0.15) is 0 Å². The molecule has 0 aromatic heterocycles. The van der Waals surface area contributed by atoms with Crippen LogP contribution in [0.1, 0.15) is 25.7 Å². The molecule has 5 heteroatoms. The Bertz CT molecular complexity index is 198. The molecule has 1 fully saturated rings. The van der Waals surface area contributed by atoms with Crippen LogP contribution in [0, 0.1) is 5.92 Å². The minimum absolute atomic E-state index is 0.00463. The third kappa shape index (κ3) is 3.31. The summed E-state index contributed by atoms with van der Waals surface area (Å²) in [5.74, 6) is -0.118. The van der Waals surface area contributed by atoms with E-state index < -0.39 is 7.05 Å². The van der Waals surface area contributed by atoms with Crippen LogP contribution in [0.3, 0.4) is 0 Å². The van der Waals surface area contributed by atoms with Crippen LogP contribution >= 0.6 is 0 Å². The molecule has 1 saturated carbocycles. The van der Waals surface area contributed by atoms with Crippen molar-refractivity contribution < 1.29 is 14.6 Å². The first-order chi connectivity index (χ1) is 6.63. The van der Waals surface area contributed by atoms with Gasteiger partial charge in [-0.15, -0.1) is 0 Å². The molecule has 0 unspecified atom stereocenters. The number of methoxy groups -OCH3 is 1. The van der Waals surface area contributed by atoms with Crippen LogP contribution in [0.4, 0.5) is 0 Å². The summed E-state index contributed by atoms with van der Waals surface area (Å²) >= 11 is 0. The quantitative estimate of drug-likeness (QED) is 0.510. The normalized spacial score (nSPS) is 27.1. The monoisotopic (exact) mass is 199 g/mol. The van der Waals surface area contributed by atoms with E-state index in [0.29, 0.717) is 0 Å². The van der Waals surface area contributed by atoms with Crippen molar-refractivity contribution in [2.75, 3.05) is 7.11 Å². The molecule has 0 aliphatic heterocycles. The highest BCUT2D eigenvalue weighted by Crippen LogP contribution is 2.25. The minimum atomic E-state index is -0.503. The maximum absolute atomic E-state index is 11.3. The average Bonchev–Trinajstić information content (AvgIpc) is 2.16. The van der Waals surface area contributed by atoms with E-state index in [1.807, 2.05) is 0 Å². The molecule has 0 aromatic rings. The SMILES string of the molecule is COC(=O)[C@@H]1CCC[C@@H](NB(C)O)C1. The van der Waals surface area contributed by atoms with Crippen molar-refractivity contribution in [3.8, 4) is 0 Å². The summed E-state index contributed by atoms with van der Waals surface area (Å²) in [6.45, 7) is 1.70.